The number of nitrogens with zero attached hydrogens (tertiary/aromatic N) is 2. The largest absolute Gasteiger partial charge is 0.497 e. The first-order valence-electron chi connectivity index (χ1n) is 8.34. The number of hydrogen-bond acceptors (Lipinski definition) is 5. The van der Waals surface area contributed by atoms with Crippen molar-refractivity contribution in [1.82, 2.24) is 4.98 Å². The number of rotatable bonds is 6. The van der Waals surface area contributed by atoms with Gasteiger partial charge in [0.05, 0.1) is 30.6 Å². The van der Waals surface area contributed by atoms with Crippen molar-refractivity contribution >= 4 is 22.5 Å². The van der Waals surface area contributed by atoms with Gasteiger partial charge in [-0.2, -0.15) is 0 Å². The number of thioether (sulfide) groups is 1. The SMILES string of the molecule is CCC(=Nc1cc(OC)ccc1C)SCc1ncc(C)c(OC)c1C. The molecule has 0 saturated carbocycles. The molecule has 134 valence electrons. The van der Waals surface area contributed by atoms with E-state index in [4.69, 9.17) is 14.5 Å². The number of aryl methyl sites for hydroxylation is 2. The Kier molecular flexibility index (Phi) is 6.88. The molecule has 0 amide bonds. The Morgan fingerprint density at radius 3 is 2.52 bits per heavy atom. The molecule has 2 rings (SSSR count). The second kappa shape index (κ2) is 8.90. The van der Waals surface area contributed by atoms with Gasteiger partial charge in [0.25, 0.3) is 0 Å². The molecule has 0 aliphatic heterocycles. The van der Waals surface area contributed by atoms with Crippen molar-refractivity contribution in [2.75, 3.05) is 14.2 Å². The van der Waals surface area contributed by atoms with Crippen molar-refractivity contribution in [3.63, 3.8) is 0 Å². The maximum atomic E-state index is 5.49. The van der Waals surface area contributed by atoms with Crippen LogP contribution in [0.15, 0.2) is 29.4 Å². The molecule has 0 spiro atoms. The first kappa shape index (κ1) is 19.3. The molecule has 1 heterocycles. The van der Waals surface area contributed by atoms with Crippen LogP contribution in [0.4, 0.5) is 5.69 Å². The molecule has 25 heavy (non-hydrogen) atoms. The number of aromatic nitrogens is 1. The third kappa shape index (κ3) is 4.75. The lowest BCUT2D eigenvalue weighted by molar-refractivity contribution is 0.407. The van der Waals surface area contributed by atoms with Crippen molar-refractivity contribution in [2.45, 2.75) is 39.9 Å². The van der Waals surface area contributed by atoms with Crippen LogP contribution in [0, 0.1) is 20.8 Å². The molecule has 1 aromatic carbocycles. The van der Waals surface area contributed by atoms with Gasteiger partial charge in [0.15, 0.2) is 0 Å². The van der Waals surface area contributed by atoms with E-state index in [2.05, 4.69) is 25.8 Å². The van der Waals surface area contributed by atoms with Crippen LogP contribution in [-0.4, -0.2) is 24.2 Å². The van der Waals surface area contributed by atoms with E-state index in [1.54, 1.807) is 26.0 Å². The normalized spacial score (nSPS) is 11.5. The van der Waals surface area contributed by atoms with Crippen LogP contribution in [0.1, 0.15) is 35.7 Å². The summed E-state index contributed by atoms with van der Waals surface area (Å²) < 4.78 is 10.8. The van der Waals surface area contributed by atoms with Crippen molar-refractivity contribution in [3.05, 3.63) is 46.8 Å². The van der Waals surface area contributed by atoms with Gasteiger partial charge in [0, 0.05) is 29.1 Å². The van der Waals surface area contributed by atoms with Crippen LogP contribution in [-0.2, 0) is 5.75 Å². The molecule has 0 radical (unpaired) electrons. The summed E-state index contributed by atoms with van der Waals surface area (Å²) in [6, 6.07) is 5.97. The summed E-state index contributed by atoms with van der Waals surface area (Å²) in [6.45, 7) is 8.26. The highest BCUT2D eigenvalue weighted by molar-refractivity contribution is 8.13. The second-order valence-corrected chi connectivity index (χ2v) is 6.89. The maximum absolute atomic E-state index is 5.49. The van der Waals surface area contributed by atoms with Crippen LogP contribution < -0.4 is 9.47 Å². The van der Waals surface area contributed by atoms with E-state index < -0.39 is 0 Å². The molecule has 0 unspecified atom stereocenters. The minimum atomic E-state index is 0.776. The van der Waals surface area contributed by atoms with Crippen LogP contribution >= 0.6 is 11.8 Å². The zero-order valence-electron chi connectivity index (χ0n) is 15.8. The van der Waals surface area contributed by atoms with Crippen LogP contribution in [0.3, 0.4) is 0 Å². The number of benzene rings is 1. The number of pyridine rings is 1. The van der Waals surface area contributed by atoms with Crippen molar-refractivity contribution in [2.24, 2.45) is 4.99 Å². The van der Waals surface area contributed by atoms with Crippen LogP contribution in [0.5, 0.6) is 11.5 Å². The molecule has 0 bridgehead atoms. The highest BCUT2D eigenvalue weighted by atomic mass is 32.2. The van der Waals surface area contributed by atoms with Gasteiger partial charge in [-0.05, 0) is 38.8 Å². The lowest BCUT2D eigenvalue weighted by Gasteiger charge is -2.12. The predicted molar refractivity (Wildman–Crippen MR) is 107 cm³/mol. The quantitative estimate of drug-likeness (QED) is 0.512. The summed E-state index contributed by atoms with van der Waals surface area (Å²) >= 11 is 1.72. The minimum Gasteiger partial charge on any atom is -0.497 e. The van der Waals surface area contributed by atoms with Crippen LogP contribution in [0.2, 0.25) is 0 Å². The lowest BCUT2D eigenvalue weighted by atomic mass is 10.1. The standard InChI is InChI=1S/C20H26N2O2S/c1-7-19(22-17-10-16(23-5)9-8-13(17)2)25-12-18-15(4)20(24-6)14(3)11-21-18/h8-11H,7,12H2,1-6H3. The van der Waals surface area contributed by atoms with E-state index in [0.717, 1.165) is 56.8 Å². The van der Waals surface area contributed by atoms with Crippen molar-refractivity contribution < 1.29 is 9.47 Å². The van der Waals surface area contributed by atoms with Gasteiger partial charge >= 0.3 is 0 Å². The van der Waals surface area contributed by atoms with E-state index in [9.17, 15) is 0 Å². The topological polar surface area (TPSA) is 43.7 Å². The molecule has 0 fully saturated rings. The molecule has 0 N–H and O–H groups in total. The Bertz CT molecular complexity index is 773. The Labute approximate surface area is 154 Å². The number of hydrogen-bond donors (Lipinski definition) is 0. The minimum absolute atomic E-state index is 0.776. The second-order valence-electron chi connectivity index (χ2n) is 5.85. The van der Waals surface area contributed by atoms with Gasteiger partial charge in [0.1, 0.15) is 11.5 Å². The average molecular weight is 359 g/mol. The third-order valence-electron chi connectivity index (χ3n) is 4.09. The van der Waals surface area contributed by atoms with E-state index >= 15 is 0 Å². The molecule has 5 heteroatoms. The summed E-state index contributed by atoms with van der Waals surface area (Å²) in [6.07, 6.45) is 2.75. The van der Waals surface area contributed by atoms with Gasteiger partial charge in [-0.1, -0.05) is 13.0 Å². The Balaban J connectivity index is 2.21. The van der Waals surface area contributed by atoms with Crippen molar-refractivity contribution in [1.29, 1.82) is 0 Å². The highest BCUT2D eigenvalue weighted by Gasteiger charge is 2.11. The molecule has 0 aliphatic rings. The Morgan fingerprint density at radius 1 is 1.12 bits per heavy atom. The predicted octanol–water partition coefficient (Wildman–Crippen LogP) is 5.40. The summed E-state index contributed by atoms with van der Waals surface area (Å²) in [5.41, 5.74) is 5.29. The maximum Gasteiger partial charge on any atom is 0.128 e. The molecular formula is C20H26N2O2S. The number of aliphatic imine (C=N–C) groups is 1. The smallest absolute Gasteiger partial charge is 0.128 e. The van der Waals surface area contributed by atoms with E-state index in [1.165, 1.54) is 0 Å². The molecule has 0 aliphatic carbocycles. The zero-order chi connectivity index (χ0) is 18.4. The van der Waals surface area contributed by atoms with Crippen LogP contribution in [0.25, 0.3) is 0 Å². The Hall–Kier alpha value is -2.01. The fourth-order valence-corrected chi connectivity index (χ4v) is 3.51. The van der Waals surface area contributed by atoms with Gasteiger partial charge < -0.3 is 9.47 Å². The molecule has 2 aromatic rings. The summed E-state index contributed by atoms with van der Waals surface area (Å²) in [7, 11) is 3.38. The van der Waals surface area contributed by atoms with E-state index in [-0.39, 0.29) is 0 Å². The molecular weight excluding hydrogens is 332 g/mol. The average Bonchev–Trinajstić information content (AvgIpc) is 2.61. The third-order valence-corrected chi connectivity index (χ3v) is 5.22. The van der Waals surface area contributed by atoms with E-state index in [1.807, 2.05) is 31.3 Å². The summed E-state index contributed by atoms with van der Waals surface area (Å²) in [5, 5.41) is 1.08. The monoisotopic (exact) mass is 358 g/mol. The molecule has 0 atom stereocenters. The van der Waals surface area contributed by atoms with Crippen molar-refractivity contribution in [3.8, 4) is 11.5 Å². The number of ether oxygens (including phenoxy) is 2. The summed E-state index contributed by atoms with van der Waals surface area (Å²) in [5.74, 6) is 2.52. The zero-order valence-corrected chi connectivity index (χ0v) is 16.7. The Morgan fingerprint density at radius 2 is 1.88 bits per heavy atom. The fraction of sp³-hybridized carbons (Fsp3) is 0.400. The van der Waals surface area contributed by atoms with E-state index in [0.29, 0.717) is 0 Å². The fourth-order valence-electron chi connectivity index (χ4n) is 2.55. The lowest BCUT2D eigenvalue weighted by Crippen LogP contribution is -2.00. The van der Waals surface area contributed by atoms with Gasteiger partial charge in [-0.3, -0.25) is 4.98 Å². The molecule has 4 nitrogen and oxygen atoms in total. The first-order valence-corrected chi connectivity index (χ1v) is 9.32. The molecule has 1 aromatic heterocycles. The van der Waals surface area contributed by atoms with Gasteiger partial charge in [-0.25, -0.2) is 4.99 Å². The first-order chi connectivity index (χ1) is 12.0. The molecule has 0 saturated heterocycles. The highest BCUT2D eigenvalue weighted by Crippen LogP contribution is 2.29. The number of methoxy groups -OCH3 is 2. The summed E-state index contributed by atoms with van der Waals surface area (Å²) in [4.78, 5) is 9.40. The van der Waals surface area contributed by atoms with Gasteiger partial charge in [-0.15, -0.1) is 11.8 Å². The van der Waals surface area contributed by atoms with Gasteiger partial charge in [0.2, 0.25) is 0 Å².